The Bertz CT molecular complexity index is 634. The van der Waals surface area contributed by atoms with Gasteiger partial charge in [0, 0.05) is 12.6 Å². The first-order chi connectivity index (χ1) is 8.84. The molecule has 0 unspecified atom stereocenters. The fourth-order valence-electron chi connectivity index (χ4n) is 1.90. The third-order valence-corrected chi connectivity index (χ3v) is 2.68. The number of hydrogen-bond acceptors (Lipinski definition) is 3. The molecule has 0 fully saturated rings. The molecule has 102 valence electrons. The van der Waals surface area contributed by atoms with Crippen molar-refractivity contribution in [3.8, 4) is 0 Å². The van der Waals surface area contributed by atoms with Gasteiger partial charge in [-0.1, -0.05) is 6.92 Å². The summed E-state index contributed by atoms with van der Waals surface area (Å²) in [4.78, 5) is 13.9. The Morgan fingerprint density at radius 1 is 1.42 bits per heavy atom. The van der Waals surface area contributed by atoms with Gasteiger partial charge in [-0.3, -0.25) is 10.1 Å². The van der Waals surface area contributed by atoms with E-state index < -0.39 is 22.4 Å². The Kier molecular flexibility index (Phi) is 3.17. The first-order valence-corrected chi connectivity index (χ1v) is 5.55. The van der Waals surface area contributed by atoms with E-state index in [1.165, 1.54) is 10.9 Å². The predicted molar refractivity (Wildman–Crippen MR) is 61.7 cm³/mol. The molecule has 2 aromatic rings. The highest BCUT2D eigenvalue weighted by Crippen LogP contribution is 2.35. The van der Waals surface area contributed by atoms with Crippen molar-refractivity contribution in [2.45, 2.75) is 26.1 Å². The number of nitro groups is 1. The average Bonchev–Trinajstić information content (AvgIpc) is 2.70. The summed E-state index contributed by atoms with van der Waals surface area (Å²) in [6.45, 7) is 2.32. The van der Waals surface area contributed by atoms with Crippen LogP contribution in [0.3, 0.4) is 0 Å². The zero-order chi connectivity index (χ0) is 14.2. The van der Waals surface area contributed by atoms with E-state index in [1.54, 1.807) is 0 Å². The lowest BCUT2D eigenvalue weighted by molar-refractivity contribution is -0.383. The Morgan fingerprint density at radius 2 is 2.11 bits per heavy atom. The monoisotopic (exact) mass is 273 g/mol. The van der Waals surface area contributed by atoms with Gasteiger partial charge in [0.05, 0.1) is 22.3 Å². The molecule has 0 saturated carbocycles. The number of rotatable bonds is 3. The molecule has 1 heterocycles. The quantitative estimate of drug-likeness (QED) is 0.636. The second kappa shape index (κ2) is 4.52. The molecule has 0 bridgehead atoms. The van der Waals surface area contributed by atoms with Crippen molar-refractivity contribution in [1.82, 2.24) is 9.55 Å². The summed E-state index contributed by atoms with van der Waals surface area (Å²) in [5.41, 5.74) is -1.53. The van der Waals surface area contributed by atoms with Crippen molar-refractivity contribution in [2.24, 2.45) is 0 Å². The standard InChI is InChI=1S/C11H10F3N3O2/c1-2-3-16-6-15-8-4-7(11(12,13)14)5-9(10(8)16)17(18)19/h4-6H,2-3H2,1H3. The van der Waals surface area contributed by atoms with Crippen molar-refractivity contribution in [3.05, 3.63) is 34.1 Å². The zero-order valence-electron chi connectivity index (χ0n) is 9.94. The van der Waals surface area contributed by atoms with Gasteiger partial charge in [-0.05, 0) is 12.5 Å². The van der Waals surface area contributed by atoms with E-state index in [0.29, 0.717) is 19.0 Å². The summed E-state index contributed by atoms with van der Waals surface area (Å²) in [5, 5.41) is 10.9. The highest BCUT2D eigenvalue weighted by Gasteiger charge is 2.34. The Balaban J connectivity index is 2.74. The van der Waals surface area contributed by atoms with Gasteiger partial charge in [0.25, 0.3) is 5.69 Å². The number of non-ortho nitro benzene ring substituents is 1. The van der Waals surface area contributed by atoms with Gasteiger partial charge in [-0.25, -0.2) is 4.98 Å². The van der Waals surface area contributed by atoms with Crippen molar-refractivity contribution in [1.29, 1.82) is 0 Å². The zero-order valence-corrected chi connectivity index (χ0v) is 9.94. The van der Waals surface area contributed by atoms with Crippen LogP contribution in [0.5, 0.6) is 0 Å². The summed E-state index contributed by atoms with van der Waals surface area (Å²) in [7, 11) is 0. The average molecular weight is 273 g/mol. The van der Waals surface area contributed by atoms with Gasteiger partial charge in [0.1, 0.15) is 5.52 Å². The molecular formula is C11H10F3N3O2. The lowest BCUT2D eigenvalue weighted by Gasteiger charge is -2.07. The van der Waals surface area contributed by atoms with Crippen LogP contribution in [0.4, 0.5) is 18.9 Å². The molecule has 0 N–H and O–H groups in total. The van der Waals surface area contributed by atoms with E-state index >= 15 is 0 Å². The molecule has 0 saturated heterocycles. The highest BCUT2D eigenvalue weighted by atomic mass is 19.4. The van der Waals surface area contributed by atoms with Gasteiger partial charge >= 0.3 is 6.18 Å². The molecule has 0 radical (unpaired) electrons. The fourth-order valence-corrected chi connectivity index (χ4v) is 1.90. The van der Waals surface area contributed by atoms with Crippen LogP contribution in [-0.2, 0) is 12.7 Å². The summed E-state index contributed by atoms with van der Waals surface area (Å²) in [6.07, 6.45) is -2.61. The van der Waals surface area contributed by atoms with Gasteiger partial charge in [0.15, 0.2) is 0 Å². The molecule has 8 heteroatoms. The number of halogens is 3. The van der Waals surface area contributed by atoms with Crippen molar-refractivity contribution in [3.63, 3.8) is 0 Å². The van der Waals surface area contributed by atoms with E-state index in [2.05, 4.69) is 4.98 Å². The Morgan fingerprint density at radius 3 is 2.63 bits per heavy atom. The van der Waals surface area contributed by atoms with E-state index in [-0.39, 0.29) is 11.0 Å². The number of nitro benzene ring substituents is 1. The number of aromatic nitrogens is 2. The maximum absolute atomic E-state index is 12.7. The summed E-state index contributed by atoms with van der Waals surface area (Å²) in [5.74, 6) is 0. The lowest BCUT2D eigenvalue weighted by Crippen LogP contribution is -2.06. The van der Waals surface area contributed by atoms with Gasteiger partial charge < -0.3 is 4.57 Å². The third-order valence-electron chi connectivity index (χ3n) is 2.68. The molecule has 0 aliphatic heterocycles. The van der Waals surface area contributed by atoms with Crippen LogP contribution in [0.2, 0.25) is 0 Å². The van der Waals surface area contributed by atoms with Crippen LogP contribution in [0.1, 0.15) is 18.9 Å². The number of aryl methyl sites for hydroxylation is 1. The van der Waals surface area contributed by atoms with Crippen LogP contribution in [0.15, 0.2) is 18.5 Å². The number of nitrogens with zero attached hydrogens (tertiary/aromatic N) is 3. The smallest absolute Gasteiger partial charge is 0.325 e. The summed E-state index contributed by atoms with van der Waals surface area (Å²) >= 11 is 0. The maximum Gasteiger partial charge on any atom is 0.416 e. The second-order valence-electron chi connectivity index (χ2n) is 4.06. The normalized spacial score (nSPS) is 12.0. The number of alkyl halides is 3. The SMILES string of the molecule is CCCn1cnc2cc(C(F)(F)F)cc([N+](=O)[O-])c21. The number of imidazole rings is 1. The Labute approximate surface area is 105 Å². The minimum Gasteiger partial charge on any atom is -0.325 e. The molecule has 19 heavy (non-hydrogen) atoms. The molecule has 0 spiro atoms. The van der Waals surface area contributed by atoms with E-state index in [9.17, 15) is 23.3 Å². The second-order valence-corrected chi connectivity index (χ2v) is 4.06. The van der Waals surface area contributed by atoms with Crippen LogP contribution < -0.4 is 0 Å². The van der Waals surface area contributed by atoms with Crippen molar-refractivity contribution >= 4 is 16.7 Å². The number of fused-ring (bicyclic) bond motifs is 1. The first-order valence-electron chi connectivity index (χ1n) is 5.55. The summed E-state index contributed by atoms with van der Waals surface area (Å²) < 4.78 is 39.5. The molecule has 1 aromatic carbocycles. The number of hydrogen-bond donors (Lipinski definition) is 0. The molecule has 0 aliphatic carbocycles. The highest BCUT2D eigenvalue weighted by molar-refractivity contribution is 5.86. The number of benzene rings is 1. The Hall–Kier alpha value is -2.12. The molecule has 0 amide bonds. The van der Waals surface area contributed by atoms with Gasteiger partial charge in [-0.15, -0.1) is 0 Å². The minimum absolute atomic E-state index is 0.0185. The molecule has 0 atom stereocenters. The van der Waals surface area contributed by atoms with Crippen LogP contribution >= 0.6 is 0 Å². The minimum atomic E-state index is -4.63. The predicted octanol–water partition coefficient (Wildman–Crippen LogP) is 3.37. The van der Waals surface area contributed by atoms with Crippen LogP contribution in [0.25, 0.3) is 11.0 Å². The van der Waals surface area contributed by atoms with Crippen molar-refractivity contribution in [2.75, 3.05) is 0 Å². The maximum atomic E-state index is 12.7. The molecular weight excluding hydrogens is 263 g/mol. The molecule has 2 rings (SSSR count). The molecule has 1 aromatic heterocycles. The lowest BCUT2D eigenvalue weighted by atomic mass is 10.1. The fraction of sp³-hybridized carbons (Fsp3) is 0.364. The first kappa shape index (κ1) is 13.3. The molecule has 0 aliphatic rings. The summed E-state index contributed by atoms with van der Waals surface area (Å²) in [6, 6.07) is 1.38. The van der Waals surface area contributed by atoms with Crippen LogP contribution in [0, 0.1) is 10.1 Å². The largest absolute Gasteiger partial charge is 0.416 e. The van der Waals surface area contributed by atoms with Crippen molar-refractivity contribution < 1.29 is 18.1 Å². The topological polar surface area (TPSA) is 61.0 Å². The van der Waals surface area contributed by atoms with Gasteiger partial charge in [0.2, 0.25) is 0 Å². The van der Waals surface area contributed by atoms with E-state index in [4.69, 9.17) is 0 Å². The third kappa shape index (κ3) is 2.38. The van der Waals surface area contributed by atoms with E-state index in [1.807, 2.05) is 6.92 Å². The molecule has 5 nitrogen and oxygen atoms in total. The van der Waals surface area contributed by atoms with Gasteiger partial charge in [-0.2, -0.15) is 13.2 Å². The van der Waals surface area contributed by atoms with E-state index in [0.717, 1.165) is 6.07 Å². The van der Waals surface area contributed by atoms with Crippen LogP contribution in [-0.4, -0.2) is 14.5 Å².